The molecular weight excluding hydrogens is 455 g/mol. The molecule has 2 aromatic carbocycles. The summed E-state index contributed by atoms with van der Waals surface area (Å²) in [7, 11) is 0. The lowest BCUT2D eigenvalue weighted by Crippen LogP contribution is -2.47. The molecule has 8 heteroatoms. The van der Waals surface area contributed by atoms with Gasteiger partial charge < -0.3 is 20.4 Å². The maximum absolute atomic E-state index is 12.4. The van der Waals surface area contributed by atoms with Gasteiger partial charge in [-0.15, -0.1) is 0 Å². The van der Waals surface area contributed by atoms with Crippen molar-refractivity contribution >= 4 is 34.8 Å². The Hall–Kier alpha value is -1.80. The maximum atomic E-state index is 12.4. The predicted molar refractivity (Wildman–Crippen MR) is 123 cm³/mol. The minimum absolute atomic E-state index is 0.119. The van der Waals surface area contributed by atoms with E-state index in [-0.39, 0.29) is 12.8 Å². The van der Waals surface area contributed by atoms with Crippen molar-refractivity contribution in [2.24, 2.45) is 0 Å². The zero-order valence-corrected chi connectivity index (χ0v) is 19.9. The second-order valence-electron chi connectivity index (χ2n) is 8.12. The van der Waals surface area contributed by atoms with Gasteiger partial charge in [0.15, 0.2) is 0 Å². The molecule has 4 atom stereocenters. The van der Waals surface area contributed by atoms with Crippen molar-refractivity contribution in [3.8, 4) is 0 Å². The van der Waals surface area contributed by atoms with Crippen molar-refractivity contribution in [2.45, 2.75) is 65.0 Å². The third-order valence-corrected chi connectivity index (χ3v) is 6.91. The molecule has 174 valence electrons. The minimum Gasteiger partial charge on any atom is -0.390 e. The number of hydrogen-bond acceptors (Lipinski definition) is 6. The number of ketones is 2. The average molecular weight is 483 g/mol. The fourth-order valence-electron chi connectivity index (χ4n) is 3.48. The third kappa shape index (κ3) is 5.76. The van der Waals surface area contributed by atoms with Crippen LogP contribution in [0.15, 0.2) is 24.3 Å². The lowest BCUT2D eigenvalue weighted by Gasteiger charge is -2.21. The Morgan fingerprint density at radius 1 is 0.688 bits per heavy atom. The van der Waals surface area contributed by atoms with E-state index in [9.17, 15) is 30.0 Å². The maximum Gasteiger partial charge on any atom is 0.232 e. The van der Waals surface area contributed by atoms with Crippen LogP contribution in [-0.2, 0) is 22.4 Å². The summed E-state index contributed by atoms with van der Waals surface area (Å²) in [6.45, 7) is 7.14. The smallest absolute Gasteiger partial charge is 0.232 e. The molecule has 0 aliphatic heterocycles. The molecule has 6 nitrogen and oxygen atoms in total. The highest BCUT2D eigenvalue weighted by Crippen LogP contribution is 2.26. The van der Waals surface area contributed by atoms with E-state index in [1.807, 2.05) is 13.8 Å². The zero-order chi connectivity index (χ0) is 24.3. The van der Waals surface area contributed by atoms with Crippen LogP contribution >= 0.6 is 23.2 Å². The van der Waals surface area contributed by atoms with E-state index in [0.29, 0.717) is 32.3 Å². The van der Waals surface area contributed by atoms with Crippen LogP contribution in [0.4, 0.5) is 0 Å². The minimum atomic E-state index is -2.06. The van der Waals surface area contributed by atoms with Crippen LogP contribution in [0.25, 0.3) is 0 Å². The van der Waals surface area contributed by atoms with Gasteiger partial charge in [0.05, 0.1) is 12.2 Å². The number of rotatable bonds is 9. The lowest BCUT2D eigenvalue weighted by atomic mass is 9.92. The SMILES string of the molecule is Cc1ccc(CC(O)[C@H](O)C(=O)C(=O)[C@H](O)C(O)Cc2ccc(C)c(Cl)c2C)c(C)c1Cl. The van der Waals surface area contributed by atoms with Crippen LogP contribution in [0.3, 0.4) is 0 Å². The Labute approximate surface area is 197 Å². The van der Waals surface area contributed by atoms with E-state index >= 15 is 0 Å². The zero-order valence-electron chi connectivity index (χ0n) is 18.4. The van der Waals surface area contributed by atoms with E-state index in [2.05, 4.69) is 0 Å². The molecule has 0 aromatic heterocycles. The quantitative estimate of drug-likeness (QED) is 0.408. The summed E-state index contributed by atoms with van der Waals surface area (Å²) in [6.07, 6.45) is -7.53. The van der Waals surface area contributed by atoms with Gasteiger partial charge in [-0.1, -0.05) is 47.5 Å². The van der Waals surface area contributed by atoms with Crippen molar-refractivity contribution in [3.05, 3.63) is 67.7 Å². The monoisotopic (exact) mass is 482 g/mol. The molecule has 2 unspecified atom stereocenters. The summed E-state index contributed by atoms with van der Waals surface area (Å²) in [5.41, 5.74) is 4.30. The van der Waals surface area contributed by atoms with Crippen LogP contribution in [0.1, 0.15) is 33.4 Å². The summed E-state index contributed by atoms with van der Waals surface area (Å²) >= 11 is 12.4. The van der Waals surface area contributed by atoms with Gasteiger partial charge in [-0.2, -0.15) is 0 Å². The fourth-order valence-corrected chi connectivity index (χ4v) is 3.85. The van der Waals surface area contributed by atoms with Crippen molar-refractivity contribution < 1.29 is 30.0 Å². The normalized spacial score (nSPS) is 15.2. The molecule has 0 heterocycles. The van der Waals surface area contributed by atoms with Gasteiger partial charge in [0.1, 0.15) is 12.2 Å². The molecule has 4 N–H and O–H groups in total. The highest BCUT2D eigenvalue weighted by Gasteiger charge is 2.36. The highest BCUT2D eigenvalue weighted by atomic mass is 35.5. The van der Waals surface area contributed by atoms with Gasteiger partial charge in [-0.3, -0.25) is 9.59 Å². The van der Waals surface area contributed by atoms with Gasteiger partial charge in [0.2, 0.25) is 11.6 Å². The van der Waals surface area contributed by atoms with E-state index < -0.39 is 36.0 Å². The number of halogens is 2. The molecule has 0 saturated heterocycles. The standard InChI is InChI=1S/C24H28Cl2O6/c1-11-5-7-15(13(3)19(11)25)9-17(27)21(29)23(31)24(32)22(30)18(28)10-16-8-6-12(2)20(26)14(16)4/h5-8,17-18,21-22,27-30H,9-10H2,1-4H3/t17?,18?,21-,22+. The third-order valence-electron chi connectivity index (χ3n) is 5.75. The number of carbonyl (C=O) groups is 2. The number of aryl methyl sites for hydroxylation is 2. The van der Waals surface area contributed by atoms with Crippen LogP contribution in [0.5, 0.6) is 0 Å². The number of benzene rings is 2. The summed E-state index contributed by atoms with van der Waals surface area (Å²) in [4.78, 5) is 24.7. The number of carbonyl (C=O) groups excluding carboxylic acids is 2. The van der Waals surface area contributed by atoms with Gasteiger partial charge in [-0.05, 0) is 61.1 Å². The fraction of sp³-hybridized carbons (Fsp3) is 0.417. The molecule has 0 bridgehead atoms. The molecule has 2 aromatic rings. The van der Waals surface area contributed by atoms with Gasteiger partial charge in [0.25, 0.3) is 0 Å². The lowest BCUT2D eigenvalue weighted by molar-refractivity contribution is -0.152. The Kier molecular flexibility index (Phi) is 8.99. The summed E-state index contributed by atoms with van der Waals surface area (Å²) in [5, 5.41) is 42.0. The van der Waals surface area contributed by atoms with E-state index in [4.69, 9.17) is 23.2 Å². The first-order valence-corrected chi connectivity index (χ1v) is 10.9. The van der Waals surface area contributed by atoms with Gasteiger partial charge >= 0.3 is 0 Å². The second-order valence-corrected chi connectivity index (χ2v) is 8.88. The van der Waals surface area contributed by atoms with Gasteiger partial charge in [-0.25, -0.2) is 0 Å². The molecule has 0 aliphatic carbocycles. The van der Waals surface area contributed by atoms with Crippen molar-refractivity contribution in [1.29, 1.82) is 0 Å². The molecule has 0 spiro atoms. The second kappa shape index (κ2) is 10.9. The number of aliphatic hydroxyl groups excluding tert-OH is 4. The molecule has 0 fully saturated rings. The number of hydrogen-bond donors (Lipinski definition) is 4. The van der Waals surface area contributed by atoms with E-state index in [0.717, 1.165) is 11.1 Å². The Bertz CT molecular complexity index is 939. The number of aliphatic hydroxyl groups is 4. The predicted octanol–water partition coefficient (Wildman–Crippen LogP) is 2.59. The van der Waals surface area contributed by atoms with Crippen LogP contribution in [0.2, 0.25) is 10.0 Å². The van der Waals surface area contributed by atoms with Crippen molar-refractivity contribution in [2.75, 3.05) is 0 Å². The first-order chi connectivity index (χ1) is 14.9. The van der Waals surface area contributed by atoms with E-state index in [1.54, 1.807) is 38.1 Å². The van der Waals surface area contributed by atoms with Crippen LogP contribution in [0, 0.1) is 27.7 Å². The van der Waals surface area contributed by atoms with Gasteiger partial charge in [0, 0.05) is 22.9 Å². The Morgan fingerprint density at radius 2 is 1.00 bits per heavy atom. The molecule has 32 heavy (non-hydrogen) atoms. The van der Waals surface area contributed by atoms with Crippen molar-refractivity contribution in [3.63, 3.8) is 0 Å². The highest BCUT2D eigenvalue weighted by molar-refractivity contribution is 6.40. The molecule has 0 aliphatic rings. The Balaban J connectivity index is 2.07. The molecular formula is C24H28Cl2O6. The average Bonchev–Trinajstić information content (AvgIpc) is 2.77. The molecule has 0 saturated carbocycles. The van der Waals surface area contributed by atoms with Crippen LogP contribution in [-0.4, -0.2) is 56.4 Å². The number of Topliss-reactive ketones (excluding diaryl/α,β-unsaturated/α-hetero) is 2. The van der Waals surface area contributed by atoms with Crippen LogP contribution < -0.4 is 0 Å². The molecule has 2 rings (SSSR count). The summed E-state index contributed by atoms with van der Waals surface area (Å²) in [5.74, 6) is -2.75. The summed E-state index contributed by atoms with van der Waals surface area (Å²) in [6, 6.07) is 6.92. The van der Waals surface area contributed by atoms with Crippen molar-refractivity contribution in [1.82, 2.24) is 0 Å². The molecule has 0 amide bonds. The first-order valence-electron chi connectivity index (χ1n) is 10.2. The first kappa shape index (κ1) is 26.5. The Morgan fingerprint density at radius 3 is 1.31 bits per heavy atom. The summed E-state index contributed by atoms with van der Waals surface area (Å²) < 4.78 is 0. The topological polar surface area (TPSA) is 115 Å². The molecule has 0 radical (unpaired) electrons. The van der Waals surface area contributed by atoms with E-state index in [1.165, 1.54) is 0 Å². The largest absolute Gasteiger partial charge is 0.390 e.